The molecule has 0 radical (unpaired) electrons. The van der Waals surface area contributed by atoms with Crippen LogP contribution in [0, 0.1) is 0 Å². The average Bonchev–Trinajstić information content (AvgIpc) is 2.64. The van der Waals surface area contributed by atoms with E-state index in [0.29, 0.717) is 0 Å². The third-order valence-electron chi connectivity index (χ3n) is 4.29. The zero-order valence-electron chi connectivity index (χ0n) is 13.8. The highest BCUT2D eigenvalue weighted by Crippen LogP contribution is 2.20. The maximum absolute atomic E-state index is 12.5. The van der Waals surface area contributed by atoms with Crippen LogP contribution in [-0.4, -0.2) is 42.1 Å². The van der Waals surface area contributed by atoms with E-state index in [2.05, 4.69) is 20.2 Å². The van der Waals surface area contributed by atoms with Gasteiger partial charge in [0.2, 0.25) is 0 Å². The zero-order chi connectivity index (χ0) is 16.8. The third-order valence-corrected chi connectivity index (χ3v) is 4.29. The number of carbonyl (C=O) groups excluding carboxylic acids is 1. The number of carbonyl (C=O) groups is 1. The van der Waals surface area contributed by atoms with Gasteiger partial charge in [0.05, 0.1) is 6.20 Å². The first-order valence-electron chi connectivity index (χ1n) is 8.17. The minimum absolute atomic E-state index is 0.0818. The summed E-state index contributed by atoms with van der Waals surface area (Å²) in [6.07, 6.45) is 6.34. The Hall–Kier alpha value is -2.47. The summed E-state index contributed by atoms with van der Waals surface area (Å²) in [6.45, 7) is 1.71. The van der Waals surface area contributed by atoms with Crippen molar-refractivity contribution in [3.63, 3.8) is 0 Å². The second-order valence-corrected chi connectivity index (χ2v) is 5.86. The summed E-state index contributed by atoms with van der Waals surface area (Å²) in [6, 6.07) is 9.72. The summed E-state index contributed by atoms with van der Waals surface area (Å²) in [5, 5.41) is 3.11. The summed E-state index contributed by atoms with van der Waals surface area (Å²) < 4.78 is 5.39. The Kier molecular flexibility index (Phi) is 5.38. The van der Waals surface area contributed by atoms with E-state index in [9.17, 15) is 4.79 Å². The van der Waals surface area contributed by atoms with E-state index in [1.54, 1.807) is 25.7 Å². The Labute approximate surface area is 141 Å². The Morgan fingerprint density at radius 2 is 2.00 bits per heavy atom. The van der Waals surface area contributed by atoms with Gasteiger partial charge < -0.3 is 15.0 Å². The summed E-state index contributed by atoms with van der Waals surface area (Å²) >= 11 is 0. The van der Waals surface area contributed by atoms with Gasteiger partial charge in [0.15, 0.2) is 6.10 Å². The second-order valence-electron chi connectivity index (χ2n) is 5.86. The maximum atomic E-state index is 12.5. The van der Waals surface area contributed by atoms with Gasteiger partial charge in [-0.15, -0.1) is 0 Å². The van der Waals surface area contributed by atoms with E-state index in [4.69, 9.17) is 4.74 Å². The van der Waals surface area contributed by atoms with Crippen LogP contribution >= 0.6 is 0 Å². The Bertz CT molecular complexity index is 643. The monoisotopic (exact) mass is 326 g/mol. The van der Waals surface area contributed by atoms with Gasteiger partial charge in [-0.2, -0.15) is 0 Å². The number of rotatable bonds is 5. The van der Waals surface area contributed by atoms with Crippen molar-refractivity contribution < 1.29 is 9.53 Å². The van der Waals surface area contributed by atoms with Crippen molar-refractivity contribution >= 4 is 11.7 Å². The number of aromatic nitrogens is 2. The van der Waals surface area contributed by atoms with Crippen LogP contribution in [0.2, 0.25) is 0 Å². The predicted molar refractivity (Wildman–Crippen MR) is 91.6 cm³/mol. The number of ether oxygens (including phenoxy) is 1. The van der Waals surface area contributed by atoms with E-state index in [1.165, 1.54) is 0 Å². The third kappa shape index (κ3) is 3.89. The molecule has 0 bridgehead atoms. The normalized spacial score (nSPS) is 16.6. The van der Waals surface area contributed by atoms with E-state index in [0.717, 1.165) is 37.3 Å². The minimum atomic E-state index is -0.566. The number of benzene rings is 1. The highest BCUT2D eigenvalue weighted by Gasteiger charge is 2.26. The van der Waals surface area contributed by atoms with Crippen LogP contribution in [0.1, 0.15) is 24.5 Å². The van der Waals surface area contributed by atoms with Gasteiger partial charge in [-0.3, -0.25) is 9.78 Å². The summed E-state index contributed by atoms with van der Waals surface area (Å²) in [7, 11) is 1.56. The fourth-order valence-electron chi connectivity index (χ4n) is 3.01. The van der Waals surface area contributed by atoms with Crippen molar-refractivity contribution in [1.82, 2.24) is 15.3 Å². The van der Waals surface area contributed by atoms with E-state index in [1.807, 2.05) is 30.3 Å². The molecule has 24 heavy (non-hydrogen) atoms. The van der Waals surface area contributed by atoms with E-state index in [-0.39, 0.29) is 11.9 Å². The number of amides is 1. The molecule has 0 unspecified atom stereocenters. The average molecular weight is 326 g/mol. The standard InChI is InChI=1S/C18H22N4O2/c1-24-17(14-5-3-2-4-6-14)18(23)21-15-7-11-22(12-8-15)16-13-19-9-10-20-16/h2-6,9-10,13,15,17H,7-8,11-12H2,1H3,(H,21,23)/t17-/m0/s1. The number of nitrogens with zero attached hydrogens (tertiary/aromatic N) is 3. The molecule has 1 aliphatic rings. The molecule has 1 aliphatic heterocycles. The molecule has 126 valence electrons. The lowest BCUT2D eigenvalue weighted by Crippen LogP contribution is -2.46. The van der Waals surface area contributed by atoms with Crippen molar-refractivity contribution in [2.45, 2.75) is 25.0 Å². The molecule has 1 saturated heterocycles. The van der Waals surface area contributed by atoms with Crippen molar-refractivity contribution in [2.24, 2.45) is 0 Å². The second kappa shape index (κ2) is 7.88. The smallest absolute Gasteiger partial charge is 0.253 e. The molecule has 1 atom stereocenters. The van der Waals surface area contributed by atoms with Crippen LogP contribution in [0.25, 0.3) is 0 Å². The molecule has 6 heteroatoms. The molecule has 0 aliphatic carbocycles. The van der Waals surface area contributed by atoms with Gasteiger partial charge in [0.1, 0.15) is 5.82 Å². The van der Waals surface area contributed by atoms with Gasteiger partial charge in [0.25, 0.3) is 5.91 Å². The molecule has 1 N–H and O–H groups in total. The van der Waals surface area contributed by atoms with Crippen LogP contribution in [0.15, 0.2) is 48.9 Å². The first kappa shape index (κ1) is 16.4. The molecular formula is C18H22N4O2. The molecular weight excluding hydrogens is 304 g/mol. The fourth-order valence-corrected chi connectivity index (χ4v) is 3.01. The highest BCUT2D eigenvalue weighted by atomic mass is 16.5. The lowest BCUT2D eigenvalue weighted by atomic mass is 10.0. The summed E-state index contributed by atoms with van der Waals surface area (Å²) in [5.74, 6) is 0.808. The largest absolute Gasteiger partial charge is 0.367 e. The van der Waals surface area contributed by atoms with Crippen LogP contribution in [0.5, 0.6) is 0 Å². The molecule has 2 aromatic rings. The number of nitrogens with one attached hydrogen (secondary N) is 1. The van der Waals surface area contributed by atoms with E-state index >= 15 is 0 Å². The Morgan fingerprint density at radius 1 is 1.25 bits per heavy atom. The minimum Gasteiger partial charge on any atom is -0.367 e. The SMILES string of the molecule is CO[C@H](C(=O)NC1CCN(c2cnccn2)CC1)c1ccccc1. The summed E-state index contributed by atoms with van der Waals surface area (Å²) in [4.78, 5) is 23.1. The van der Waals surface area contributed by atoms with Crippen molar-refractivity contribution in [2.75, 3.05) is 25.1 Å². The lowest BCUT2D eigenvalue weighted by Gasteiger charge is -2.33. The maximum Gasteiger partial charge on any atom is 0.253 e. The molecule has 2 heterocycles. The van der Waals surface area contributed by atoms with E-state index < -0.39 is 6.10 Å². The predicted octanol–water partition coefficient (Wildman–Crippen LogP) is 1.95. The Balaban J connectivity index is 1.55. The molecule has 1 fully saturated rings. The van der Waals surface area contributed by atoms with Crippen molar-refractivity contribution in [3.05, 3.63) is 54.5 Å². The topological polar surface area (TPSA) is 67.3 Å². The van der Waals surface area contributed by atoms with Gasteiger partial charge in [-0.05, 0) is 18.4 Å². The lowest BCUT2D eigenvalue weighted by molar-refractivity contribution is -0.132. The van der Waals surface area contributed by atoms with Crippen molar-refractivity contribution in [3.8, 4) is 0 Å². The first-order valence-corrected chi connectivity index (χ1v) is 8.17. The quantitative estimate of drug-likeness (QED) is 0.909. The van der Waals surface area contributed by atoms with Gasteiger partial charge in [-0.25, -0.2) is 4.98 Å². The van der Waals surface area contributed by atoms with Gasteiger partial charge in [0, 0.05) is 38.6 Å². The molecule has 1 amide bonds. The number of hydrogen-bond donors (Lipinski definition) is 1. The number of anilines is 1. The number of hydrogen-bond acceptors (Lipinski definition) is 5. The van der Waals surface area contributed by atoms with Crippen LogP contribution in [0.4, 0.5) is 5.82 Å². The van der Waals surface area contributed by atoms with Gasteiger partial charge >= 0.3 is 0 Å². The number of piperidine rings is 1. The first-order chi connectivity index (χ1) is 11.8. The summed E-state index contributed by atoms with van der Waals surface area (Å²) in [5.41, 5.74) is 0.870. The van der Waals surface area contributed by atoms with Crippen molar-refractivity contribution in [1.29, 1.82) is 0 Å². The number of methoxy groups -OCH3 is 1. The van der Waals surface area contributed by atoms with Crippen LogP contribution in [0.3, 0.4) is 0 Å². The molecule has 1 aromatic heterocycles. The zero-order valence-corrected chi connectivity index (χ0v) is 13.8. The highest BCUT2D eigenvalue weighted by molar-refractivity contribution is 5.82. The fraction of sp³-hybridized carbons (Fsp3) is 0.389. The van der Waals surface area contributed by atoms with Crippen LogP contribution in [-0.2, 0) is 9.53 Å². The molecule has 6 nitrogen and oxygen atoms in total. The molecule has 1 aromatic carbocycles. The Morgan fingerprint density at radius 3 is 2.62 bits per heavy atom. The van der Waals surface area contributed by atoms with Gasteiger partial charge in [-0.1, -0.05) is 30.3 Å². The molecule has 0 saturated carbocycles. The van der Waals surface area contributed by atoms with Crippen LogP contribution < -0.4 is 10.2 Å². The molecule has 0 spiro atoms. The molecule has 3 rings (SSSR count).